The summed E-state index contributed by atoms with van der Waals surface area (Å²) in [6.07, 6.45) is 5.03. The van der Waals surface area contributed by atoms with E-state index in [0.717, 1.165) is 25.2 Å². The quantitative estimate of drug-likeness (QED) is 0.358. The minimum absolute atomic E-state index is 0. The van der Waals surface area contributed by atoms with Gasteiger partial charge in [0.25, 0.3) is 0 Å². The van der Waals surface area contributed by atoms with E-state index >= 15 is 0 Å². The largest absolute Gasteiger partial charge is 1.00 e. The molecule has 0 heterocycles. The smallest absolute Gasteiger partial charge is 0.414 e. The Labute approximate surface area is 170 Å². The van der Waals surface area contributed by atoms with Crippen LogP contribution in [0.3, 0.4) is 0 Å². The molecule has 0 atom stereocenters. The van der Waals surface area contributed by atoms with Gasteiger partial charge in [-0.15, -0.1) is 36.2 Å². The predicted octanol–water partition coefficient (Wildman–Crippen LogP) is -1.25. The van der Waals surface area contributed by atoms with Crippen LogP contribution in [0, 0.1) is 12.5 Å². The van der Waals surface area contributed by atoms with Crippen LogP contribution in [-0.4, -0.2) is 37.0 Å². The number of anilines is 1. The molecule has 0 aliphatic heterocycles. The fourth-order valence-corrected chi connectivity index (χ4v) is 1.77. The number of amides is 1. The van der Waals surface area contributed by atoms with Crippen molar-refractivity contribution in [2.45, 2.75) is 13.8 Å². The van der Waals surface area contributed by atoms with Crippen LogP contribution in [0.2, 0.25) is 0 Å². The molecule has 0 saturated heterocycles. The molecule has 1 amide bonds. The van der Waals surface area contributed by atoms with Crippen LogP contribution in [0.15, 0.2) is 24.3 Å². The summed E-state index contributed by atoms with van der Waals surface area (Å²) in [5.41, 5.74) is 7.21. The second-order valence-corrected chi connectivity index (χ2v) is 4.42. The zero-order valence-electron chi connectivity index (χ0n) is 13.2. The van der Waals surface area contributed by atoms with Crippen LogP contribution in [0.1, 0.15) is 19.4 Å². The molecular weight excluding hydrogens is 289 g/mol. The van der Waals surface area contributed by atoms with E-state index in [0.29, 0.717) is 12.2 Å². The van der Waals surface area contributed by atoms with Gasteiger partial charge in [-0.05, 0) is 13.1 Å². The maximum absolute atomic E-state index is 11.6. The Morgan fingerprint density at radius 3 is 2.81 bits per heavy atom. The van der Waals surface area contributed by atoms with Crippen LogP contribution in [0.25, 0.3) is 6.08 Å². The van der Waals surface area contributed by atoms with Gasteiger partial charge in [0.05, 0.1) is 0 Å². The maximum atomic E-state index is 11.6. The zero-order chi connectivity index (χ0) is 14.8. The van der Waals surface area contributed by atoms with E-state index in [1.165, 1.54) is 6.42 Å². The Morgan fingerprint density at radius 1 is 1.48 bits per heavy atom. The summed E-state index contributed by atoms with van der Waals surface area (Å²) in [7, 11) is 0. The van der Waals surface area contributed by atoms with Gasteiger partial charge in [0.15, 0.2) is 5.91 Å². The monoisotopic (exact) mass is 312 g/mol. The summed E-state index contributed by atoms with van der Waals surface area (Å²) >= 11 is 0. The number of likely N-dealkylation sites (N-methyl/N-ethyl adjacent to an activating group) is 1. The maximum Gasteiger partial charge on any atom is 1.00 e. The molecule has 3 N–H and O–H groups in total. The average molecular weight is 312 g/mol. The van der Waals surface area contributed by atoms with Crippen molar-refractivity contribution in [1.29, 1.82) is 0 Å². The van der Waals surface area contributed by atoms with Crippen molar-refractivity contribution in [3.63, 3.8) is 0 Å². The third-order valence-electron chi connectivity index (χ3n) is 2.99. The van der Waals surface area contributed by atoms with E-state index in [2.05, 4.69) is 30.1 Å². The molecule has 0 radical (unpaired) electrons. The molecular formula is C16H23KN3O-. The summed E-state index contributed by atoms with van der Waals surface area (Å²) in [5, 5.41) is 2.86. The minimum Gasteiger partial charge on any atom is -0.414 e. The molecule has 4 nitrogen and oxygen atoms in total. The number of hydrogen-bond donors (Lipinski definition) is 2. The Kier molecular flexibility index (Phi) is 12.1. The number of carbonyl (C=O) groups excluding carboxylic acids is 1. The van der Waals surface area contributed by atoms with Gasteiger partial charge in [0, 0.05) is 13.1 Å². The molecule has 0 saturated carbocycles. The van der Waals surface area contributed by atoms with E-state index in [-0.39, 0.29) is 57.3 Å². The van der Waals surface area contributed by atoms with Gasteiger partial charge >= 0.3 is 51.4 Å². The minimum atomic E-state index is -0.0858. The number of nitrogens with one attached hydrogen (secondary N) is 1. The van der Waals surface area contributed by atoms with Crippen molar-refractivity contribution in [3.8, 4) is 0 Å². The van der Waals surface area contributed by atoms with Crippen LogP contribution < -0.4 is 62.4 Å². The number of rotatable bonds is 8. The Balaban J connectivity index is 0.00000400. The first-order valence-electron chi connectivity index (χ1n) is 6.94. The standard InChI is InChI=1S/C16H23N3O.K/c1-3-19(4-2)12-11-18-16(20)10-6-8-14-7-5-9-15(17)13-14;/h5-6,8-10,13H,3-4,11-12,17H2,1-2H3,(H,18,20);/q-2;+1/b8-6-;. The van der Waals surface area contributed by atoms with E-state index in [1.807, 2.05) is 6.07 Å². The number of carbonyl (C=O) groups is 1. The van der Waals surface area contributed by atoms with Crippen LogP contribution in [0.5, 0.6) is 0 Å². The first kappa shape index (κ1) is 20.7. The molecule has 110 valence electrons. The number of hydrogen-bond acceptors (Lipinski definition) is 3. The van der Waals surface area contributed by atoms with Crippen molar-refractivity contribution in [2.75, 3.05) is 31.9 Å². The Hall–Kier alpha value is -0.304. The molecule has 0 unspecified atom stereocenters. The van der Waals surface area contributed by atoms with Gasteiger partial charge in [0.2, 0.25) is 0 Å². The fraction of sp³-hybridized carbons (Fsp3) is 0.375. The van der Waals surface area contributed by atoms with Gasteiger partial charge in [-0.1, -0.05) is 19.5 Å². The number of nitrogens with zero attached hydrogens (tertiary/aromatic N) is 1. The van der Waals surface area contributed by atoms with E-state index < -0.39 is 0 Å². The summed E-state index contributed by atoms with van der Waals surface area (Å²) in [6, 6.07) is 8.38. The summed E-state index contributed by atoms with van der Waals surface area (Å²) in [6.45, 7) is 7.77. The first-order chi connectivity index (χ1) is 9.65. The molecule has 0 aliphatic carbocycles. The average Bonchev–Trinajstić information content (AvgIpc) is 2.44. The van der Waals surface area contributed by atoms with Crippen LogP contribution in [0.4, 0.5) is 5.69 Å². The van der Waals surface area contributed by atoms with Crippen molar-refractivity contribution < 1.29 is 56.2 Å². The zero-order valence-corrected chi connectivity index (χ0v) is 16.3. The van der Waals surface area contributed by atoms with Crippen LogP contribution in [-0.2, 0) is 4.79 Å². The normalized spacial score (nSPS) is 10.4. The predicted molar refractivity (Wildman–Crippen MR) is 83.8 cm³/mol. The van der Waals surface area contributed by atoms with Gasteiger partial charge in [0.1, 0.15) is 0 Å². The van der Waals surface area contributed by atoms with Crippen molar-refractivity contribution in [1.82, 2.24) is 10.2 Å². The number of benzene rings is 1. The van der Waals surface area contributed by atoms with Gasteiger partial charge in [-0.3, -0.25) is 4.79 Å². The van der Waals surface area contributed by atoms with Gasteiger partial charge in [-0.25, -0.2) is 0 Å². The number of nitrogens with two attached hydrogens (primary N) is 1. The van der Waals surface area contributed by atoms with Gasteiger partial charge in [-0.2, -0.15) is 12.2 Å². The van der Waals surface area contributed by atoms with Crippen molar-refractivity contribution in [3.05, 3.63) is 42.3 Å². The molecule has 1 rings (SSSR count). The SMILES string of the molecule is CCN(CC)CCNC(=O)[CH-]/C=C\c1[c-]ccc(N)c1.[K+]. The third kappa shape index (κ3) is 9.34. The summed E-state index contributed by atoms with van der Waals surface area (Å²) < 4.78 is 0. The molecule has 1 aromatic carbocycles. The molecule has 5 heteroatoms. The van der Waals surface area contributed by atoms with Gasteiger partial charge < -0.3 is 16.0 Å². The van der Waals surface area contributed by atoms with E-state index in [9.17, 15) is 4.79 Å². The van der Waals surface area contributed by atoms with Crippen molar-refractivity contribution >= 4 is 17.7 Å². The second kappa shape index (κ2) is 12.3. The molecule has 0 fully saturated rings. The fourth-order valence-electron chi connectivity index (χ4n) is 1.77. The third-order valence-corrected chi connectivity index (χ3v) is 2.99. The molecule has 0 aliphatic rings. The van der Waals surface area contributed by atoms with Crippen LogP contribution >= 0.6 is 0 Å². The summed E-state index contributed by atoms with van der Waals surface area (Å²) in [5.74, 6) is -0.0858. The topological polar surface area (TPSA) is 58.4 Å². The molecule has 21 heavy (non-hydrogen) atoms. The summed E-state index contributed by atoms with van der Waals surface area (Å²) in [4.78, 5) is 13.8. The van der Waals surface area contributed by atoms with E-state index in [4.69, 9.17) is 5.73 Å². The molecule has 0 aromatic heterocycles. The molecule has 1 aromatic rings. The first-order valence-corrected chi connectivity index (χ1v) is 6.94. The Bertz CT molecular complexity index is 445. The molecule has 0 bridgehead atoms. The van der Waals surface area contributed by atoms with Crippen molar-refractivity contribution in [2.24, 2.45) is 0 Å². The number of nitrogen functional groups attached to an aromatic ring is 1. The molecule has 0 spiro atoms. The van der Waals surface area contributed by atoms with E-state index in [1.54, 1.807) is 24.3 Å². The second-order valence-electron chi connectivity index (χ2n) is 4.42. The Morgan fingerprint density at radius 2 is 2.19 bits per heavy atom.